The molecule has 34 heavy (non-hydrogen) atoms. The molecule has 0 saturated carbocycles. The molecular formula is C27H21N5O2. The lowest BCUT2D eigenvalue weighted by Gasteiger charge is -2.08. The molecular weight excluding hydrogens is 426 g/mol. The van der Waals surface area contributed by atoms with Crippen molar-refractivity contribution in [3.8, 4) is 11.4 Å². The molecule has 166 valence electrons. The number of nitrogens with zero attached hydrogens (tertiary/aromatic N) is 5. The first-order valence-corrected chi connectivity index (χ1v) is 11.1. The Kier molecular flexibility index (Phi) is 4.80. The van der Waals surface area contributed by atoms with Crippen molar-refractivity contribution in [1.29, 1.82) is 0 Å². The maximum absolute atomic E-state index is 13.7. The second kappa shape index (κ2) is 8.12. The molecule has 0 fully saturated rings. The molecule has 6 aromatic rings. The van der Waals surface area contributed by atoms with E-state index in [0.717, 1.165) is 28.9 Å². The molecule has 0 saturated heterocycles. The smallest absolute Gasteiger partial charge is 0.265 e. The summed E-state index contributed by atoms with van der Waals surface area (Å²) in [5, 5.41) is 0.472. The first kappa shape index (κ1) is 20.1. The molecule has 7 heteroatoms. The standard InChI is InChI=1S/C27H21N5O2/c1-34-20-13-11-19(12-14-20)32-25-23(24-26(32)30-22-10-6-5-9-21(22)29-24)27(33)31(17-28-25)16-15-18-7-3-2-4-8-18/h2-14,17H,15-16H2,1H3. The first-order valence-electron chi connectivity index (χ1n) is 11.1. The van der Waals surface area contributed by atoms with E-state index in [1.807, 2.05) is 71.3 Å². The van der Waals surface area contributed by atoms with Gasteiger partial charge in [-0.15, -0.1) is 0 Å². The summed E-state index contributed by atoms with van der Waals surface area (Å²) in [5.74, 6) is 0.747. The summed E-state index contributed by atoms with van der Waals surface area (Å²) < 4.78 is 8.86. The summed E-state index contributed by atoms with van der Waals surface area (Å²) in [6.45, 7) is 0.530. The number of para-hydroxylation sites is 2. The van der Waals surface area contributed by atoms with Crippen LogP contribution in [0.5, 0.6) is 5.75 Å². The number of aromatic nitrogens is 5. The number of fused-ring (bicyclic) bond motifs is 4. The minimum absolute atomic E-state index is 0.122. The molecule has 0 spiro atoms. The average Bonchev–Trinajstić information content (AvgIpc) is 3.21. The summed E-state index contributed by atoms with van der Waals surface area (Å²) in [4.78, 5) is 28.1. The molecule has 0 amide bonds. The number of methoxy groups -OCH3 is 1. The third-order valence-electron chi connectivity index (χ3n) is 6.05. The molecule has 0 aliphatic carbocycles. The van der Waals surface area contributed by atoms with Gasteiger partial charge in [0.25, 0.3) is 5.56 Å². The van der Waals surface area contributed by atoms with Gasteiger partial charge in [-0.05, 0) is 48.4 Å². The van der Waals surface area contributed by atoms with E-state index in [4.69, 9.17) is 19.7 Å². The Morgan fingerprint density at radius 2 is 1.53 bits per heavy atom. The number of rotatable bonds is 5. The molecule has 0 atom stereocenters. The number of benzene rings is 3. The van der Waals surface area contributed by atoms with Crippen LogP contribution in [-0.4, -0.2) is 31.2 Å². The first-order chi connectivity index (χ1) is 16.7. The molecule has 0 radical (unpaired) electrons. The van der Waals surface area contributed by atoms with Crippen molar-refractivity contribution in [2.24, 2.45) is 0 Å². The zero-order valence-corrected chi connectivity index (χ0v) is 18.5. The molecule has 3 aromatic carbocycles. The highest BCUT2D eigenvalue weighted by Crippen LogP contribution is 2.29. The molecule has 3 aromatic heterocycles. The fourth-order valence-corrected chi connectivity index (χ4v) is 4.30. The largest absolute Gasteiger partial charge is 0.497 e. The zero-order valence-electron chi connectivity index (χ0n) is 18.5. The SMILES string of the molecule is COc1ccc(-n2c3nc4ccccc4nc3c3c(=O)n(CCc4ccccc4)cnc32)cc1. The van der Waals surface area contributed by atoms with E-state index in [2.05, 4.69) is 12.1 Å². The highest BCUT2D eigenvalue weighted by Gasteiger charge is 2.20. The fourth-order valence-electron chi connectivity index (χ4n) is 4.30. The van der Waals surface area contributed by atoms with Crippen molar-refractivity contribution in [3.63, 3.8) is 0 Å². The number of aryl methyl sites for hydroxylation is 2. The minimum atomic E-state index is -0.122. The molecule has 6 rings (SSSR count). The Balaban J connectivity index is 1.59. The van der Waals surface area contributed by atoms with E-state index < -0.39 is 0 Å². The van der Waals surface area contributed by atoms with Crippen LogP contribution in [0.3, 0.4) is 0 Å². The van der Waals surface area contributed by atoms with Gasteiger partial charge in [-0.3, -0.25) is 13.9 Å². The van der Waals surface area contributed by atoms with Gasteiger partial charge in [0.15, 0.2) is 11.3 Å². The van der Waals surface area contributed by atoms with Gasteiger partial charge in [-0.25, -0.2) is 15.0 Å². The van der Waals surface area contributed by atoms with Crippen LogP contribution in [0.2, 0.25) is 0 Å². The maximum Gasteiger partial charge on any atom is 0.265 e. The van der Waals surface area contributed by atoms with E-state index in [-0.39, 0.29) is 5.56 Å². The van der Waals surface area contributed by atoms with Crippen molar-refractivity contribution in [3.05, 3.63) is 101 Å². The van der Waals surface area contributed by atoms with Gasteiger partial charge in [0.05, 0.1) is 24.5 Å². The Morgan fingerprint density at radius 3 is 2.26 bits per heavy atom. The predicted octanol–water partition coefficient (Wildman–Crippen LogP) is 4.53. The Morgan fingerprint density at radius 1 is 0.824 bits per heavy atom. The lowest BCUT2D eigenvalue weighted by Crippen LogP contribution is -2.21. The average molecular weight is 447 g/mol. The monoisotopic (exact) mass is 447 g/mol. The van der Waals surface area contributed by atoms with Gasteiger partial charge in [-0.1, -0.05) is 42.5 Å². The second-order valence-electron chi connectivity index (χ2n) is 8.10. The summed E-state index contributed by atoms with van der Waals surface area (Å²) in [5.41, 5.74) is 5.07. The van der Waals surface area contributed by atoms with Gasteiger partial charge >= 0.3 is 0 Å². The van der Waals surface area contributed by atoms with Crippen LogP contribution in [0, 0.1) is 0 Å². The van der Waals surface area contributed by atoms with Crippen molar-refractivity contribution in [2.45, 2.75) is 13.0 Å². The van der Waals surface area contributed by atoms with Crippen molar-refractivity contribution < 1.29 is 4.74 Å². The van der Waals surface area contributed by atoms with Crippen molar-refractivity contribution in [2.75, 3.05) is 7.11 Å². The van der Waals surface area contributed by atoms with E-state index in [9.17, 15) is 4.79 Å². The molecule has 0 aliphatic heterocycles. The fraction of sp³-hybridized carbons (Fsp3) is 0.111. The minimum Gasteiger partial charge on any atom is -0.497 e. The van der Waals surface area contributed by atoms with E-state index in [1.54, 1.807) is 18.0 Å². The Labute approximate surface area is 194 Å². The van der Waals surface area contributed by atoms with E-state index in [1.165, 1.54) is 5.56 Å². The van der Waals surface area contributed by atoms with Crippen molar-refractivity contribution >= 4 is 33.2 Å². The van der Waals surface area contributed by atoms with E-state index in [0.29, 0.717) is 28.7 Å². The topological polar surface area (TPSA) is 74.8 Å². The van der Waals surface area contributed by atoms with Crippen LogP contribution in [0.15, 0.2) is 90.0 Å². The number of hydrogen-bond donors (Lipinski definition) is 0. The van der Waals surface area contributed by atoms with Crippen LogP contribution in [0.1, 0.15) is 5.56 Å². The maximum atomic E-state index is 13.7. The third kappa shape index (κ3) is 3.29. The predicted molar refractivity (Wildman–Crippen MR) is 133 cm³/mol. The summed E-state index contributed by atoms with van der Waals surface area (Å²) in [6, 6.07) is 25.4. The van der Waals surface area contributed by atoms with E-state index >= 15 is 0 Å². The quantitative estimate of drug-likeness (QED) is 0.388. The summed E-state index contributed by atoms with van der Waals surface area (Å²) in [7, 11) is 1.63. The van der Waals surface area contributed by atoms with Crippen LogP contribution in [0.4, 0.5) is 0 Å². The van der Waals surface area contributed by atoms with Gasteiger partial charge in [0, 0.05) is 12.2 Å². The van der Waals surface area contributed by atoms with Crippen LogP contribution in [0.25, 0.3) is 38.9 Å². The molecule has 0 aliphatic rings. The molecule has 3 heterocycles. The van der Waals surface area contributed by atoms with Crippen LogP contribution < -0.4 is 10.3 Å². The normalized spacial score (nSPS) is 11.4. The Hall–Kier alpha value is -4.52. The summed E-state index contributed by atoms with van der Waals surface area (Å²) >= 11 is 0. The van der Waals surface area contributed by atoms with Gasteiger partial charge in [-0.2, -0.15) is 0 Å². The Bertz CT molecular complexity index is 1700. The third-order valence-corrected chi connectivity index (χ3v) is 6.05. The zero-order chi connectivity index (χ0) is 23.1. The molecule has 0 unspecified atom stereocenters. The highest BCUT2D eigenvalue weighted by molar-refractivity contribution is 6.05. The van der Waals surface area contributed by atoms with Crippen LogP contribution >= 0.6 is 0 Å². The van der Waals surface area contributed by atoms with Gasteiger partial charge in [0.2, 0.25) is 0 Å². The second-order valence-corrected chi connectivity index (χ2v) is 8.10. The number of ether oxygens (including phenoxy) is 1. The summed E-state index contributed by atoms with van der Waals surface area (Å²) in [6.07, 6.45) is 2.35. The molecule has 0 N–H and O–H groups in total. The molecule has 0 bridgehead atoms. The van der Waals surface area contributed by atoms with Gasteiger partial charge < -0.3 is 4.74 Å². The highest BCUT2D eigenvalue weighted by atomic mass is 16.5. The lowest BCUT2D eigenvalue weighted by molar-refractivity contribution is 0.415. The van der Waals surface area contributed by atoms with Crippen molar-refractivity contribution in [1.82, 2.24) is 24.1 Å². The number of hydrogen-bond acceptors (Lipinski definition) is 5. The van der Waals surface area contributed by atoms with Crippen LogP contribution in [-0.2, 0) is 13.0 Å². The van der Waals surface area contributed by atoms with Gasteiger partial charge in [0.1, 0.15) is 16.7 Å². The molecule has 7 nitrogen and oxygen atoms in total. The lowest BCUT2D eigenvalue weighted by atomic mass is 10.1.